The van der Waals surface area contributed by atoms with Gasteiger partial charge in [0, 0.05) is 38.2 Å². The summed E-state index contributed by atoms with van der Waals surface area (Å²) in [5.74, 6) is 0.662. The van der Waals surface area contributed by atoms with Crippen molar-refractivity contribution in [1.29, 1.82) is 0 Å². The minimum atomic E-state index is 0.662. The van der Waals surface area contributed by atoms with E-state index < -0.39 is 0 Å². The molecule has 46 heavy (non-hydrogen) atoms. The molecule has 0 radical (unpaired) electrons. The number of aromatic nitrogens is 4. The van der Waals surface area contributed by atoms with Crippen molar-refractivity contribution in [3.05, 3.63) is 158 Å². The van der Waals surface area contributed by atoms with Gasteiger partial charge in [0.25, 0.3) is 0 Å². The summed E-state index contributed by atoms with van der Waals surface area (Å²) in [4.78, 5) is 10.6. The van der Waals surface area contributed by atoms with Crippen molar-refractivity contribution in [3.8, 4) is 22.9 Å². The van der Waals surface area contributed by atoms with E-state index in [9.17, 15) is 0 Å². The van der Waals surface area contributed by atoms with Crippen LogP contribution < -0.4 is 0 Å². The molecule has 0 saturated carbocycles. The lowest BCUT2D eigenvalue weighted by molar-refractivity contribution is 1.01. The van der Waals surface area contributed by atoms with Crippen LogP contribution in [0.1, 0.15) is 0 Å². The van der Waals surface area contributed by atoms with E-state index >= 15 is 0 Å². The van der Waals surface area contributed by atoms with Crippen LogP contribution in [0.5, 0.6) is 0 Å². The Morgan fingerprint density at radius 2 is 1.07 bits per heavy atom. The largest absolute Gasteiger partial charge is 0.309 e. The van der Waals surface area contributed by atoms with Gasteiger partial charge in [-0.2, -0.15) is 0 Å². The van der Waals surface area contributed by atoms with Gasteiger partial charge < -0.3 is 4.57 Å². The Hall–Kier alpha value is -6.26. The Balaban J connectivity index is 1.41. The molecule has 0 saturated heterocycles. The minimum Gasteiger partial charge on any atom is -0.309 e. The Morgan fingerprint density at radius 1 is 0.391 bits per heavy atom. The Morgan fingerprint density at radius 3 is 1.91 bits per heavy atom. The van der Waals surface area contributed by atoms with Gasteiger partial charge in [0.15, 0.2) is 0 Å². The predicted molar refractivity (Wildman–Crippen MR) is 191 cm³/mol. The maximum Gasteiger partial charge on any atom is 0.235 e. The first-order valence-electron chi connectivity index (χ1n) is 15.6. The molecule has 0 atom stereocenters. The van der Waals surface area contributed by atoms with E-state index in [0.717, 1.165) is 44.4 Å². The Labute approximate surface area is 264 Å². The Kier molecular flexibility index (Phi) is 5.25. The third-order valence-corrected chi connectivity index (χ3v) is 9.30. The highest BCUT2D eigenvalue weighted by molar-refractivity contribution is 6.25. The van der Waals surface area contributed by atoms with E-state index in [4.69, 9.17) is 9.97 Å². The maximum absolute atomic E-state index is 5.34. The molecular weight excluding hydrogens is 560 g/mol. The molecule has 0 aliphatic rings. The fourth-order valence-electron chi connectivity index (χ4n) is 7.30. The second kappa shape index (κ2) is 9.62. The second-order valence-electron chi connectivity index (χ2n) is 11.8. The molecule has 3 aromatic heterocycles. The number of rotatable bonds is 3. The SMILES string of the molecule is c1ccc(-c2nc(-n3c4cc5c(cc4c4c6ccccc6ccc43)c3ccccc3n5-c3ccccc3)nc3ccccc23)cc1. The van der Waals surface area contributed by atoms with Crippen LogP contribution in [0, 0.1) is 0 Å². The van der Waals surface area contributed by atoms with Crippen LogP contribution in [0.3, 0.4) is 0 Å². The zero-order chi connectivity index (χ0) is 30.2. The lowest BCUT2D eigenvalue weighted by Gasteiger charge is -2.12. The normalized spacial score (nSPS) is 11.9. The van der Waals surface area contributed by atoms with Gasteiger partial charge in [0.2, 0.25) is 5.95 Å². The van der Waals surface area contributed by atoms with Crippen molar-refractivity contribution < 1.29 is 0 Å². The third-order valence-electron chi connectivity index (χ3n) is 9.30. The van der Waals surface area contributed by atoms with Gasteiger partial charge in [-0.05, 0) is 53.2 Å². The first-order valence-corrected chi connectivity index (χ1v) is 15.6. The van der Waals surface area contributed by atoms with Crippen molar-refractivity contribution in [2.24, 2.45) is 0 Å². The summed E-state index contributed by atoms with van der Waals surface area (Å²) >= 11 is 0. The van der Waals surface area contributed by atoms with Crippen molar-refractivity contribution in [2.45, 2.75) is 0 Å². The standard InChI is InChI=1S/C42H26N4/c1-3-14-28(15-4-1)41-32-20-9-11-21-35(32)43-42(44-41)46-37-24-23-27-13-7-8-18-30(27)40(37)34-25-33-31-19-10-12-22-36(31)45(38(33)26-39(34)46)29-16-5-2-6-17-29/h1-26H. The van der Waals surface area contributed by atoms with E-state index in [1.165, 1.54) is 37.8 Å². The molecule has 10 aromatic rings. The number of nitrogens with zero attached hydrogens (tertiary/aromatic N) is 4. The summed E-state index contributed by atoms with van der Waals surface area (Å²) in [6, 6.07) is 55.9. The predicted octanol–water partition coefficient (Wildman–Crippen LogP) is 10.6. The minimum absolute atomic E-state index is 0.662. The molecule has 4 heteroatoms. The molecule has 0 spiro atoms. The Bertz CT molecular complexity index is 2790. The molecule has 10 rings (SSSR count). The second-order valence-corrected chi connectivity index (χ2v) is 11.8. The van der Waals surface area contributed by atoms with Crippen LogP contribution in [0.4, 0.5) is 0 Å². The number of hydrogen-bond acceptors (Lipinski definition) is 2. The van der Waals surface area contributed by atoms with Gasteiger partial charge in [0.1, 0.15) is 0 Å². The average Bonchev–Trinajstić information content (AvgIpc) is 3.63. The van der Waals surface area contributed by atoms with Crippen molar-refractivity contribution in [3.63, 3.8) is 0 Å². The number of benzene rings is 7. The zero-order valence-electron chi connectivity index (χ0n) is 24.8. The van der Waals surface area contributed by atoms with Gasteiger partial charge in [-0.25, -0.2) is 9.97 Å². The smallest absolute Gasteiger partial charge is 0.235 e. The van der Waals surface area contributed by atoms with Crippen LogP contribution in [-0.4, -0.2) is 19.1 Å². The zero-order valence-corrected chi connectivity index (χ0v) is 24.8. The molecule has 0 N–H and O–H groups in total. The highest BCUT2D eigenvalue weighted by atomic mass is 15.2. The molecule has 3 heterocycles. The lowest BCUT2D eigenvalue weighted by atomic mass is 10.0. The number of para-hydroxylation sites is 3. The lowest BCUT2D eigenvalue weighted by Crippen LogP contribution is -2.03. The molecule has 0 amide bonds. The molecule has 4 nitrogen and oxygen atoms in total. The van der Waals surface area contributed by atoms with Gasteiger partial charge in [-0.3, -0.25) is 4.57 Å². The van der Waals surface area contributed by atoms with E-state index in [-0.39, 0.29) is 0 Å². The van der Waals surface area contributed by atoms with E-state index in [2.05, 4.69) is 161 Å². The first kappa shape index (κ1) is 25.1. The van der Waals surface area contributed by atoms with Crippen molar-refractivity contribution in [1.82, 2.24) is 19.1 Å². The molecule has 7 aromatic carbocycles. The fraction of sp³-hybridized carbons (Fsp3) is 0. The van der Waals surface area contributed by atoms with Crippen molar-refractivity contribution >= 4 is 65.3 Å². The van der Waals surface area contributed by atoms with E-state index in [0.29, 0.717) is 5.95 Å². The highest BCUT2D eigenvalue weighted by Gasteiger charge is 2.21. The fourth-order valence-corrected chi connectivity index (χ4v) is 7.30. The molecule has 0 fully saturated rings. The summed E-state index contributed by atoms with van der Waals surface area (Å²) in [6.07, 6.45) is 0. The summed E-state index contributed by atoms with van der Waals surface area (Å²) in [6.45, 7) is 0. The van der Waals surface area contributed by atoms with Gasteiger partial charge in [-0.15, -0.1) is 0 Å². The highest BCUT2D eigenvalue weighted by Crippen LogP contribution is 2.42. The third kappa shape index (κ3) is 3.55. The molecule has 214 valence electrons. The monoisotopic (exact) mass is 586 g/mol. The topological polar surface area (TPSA) is 35.6 Å². The summed E-state index contributed by atoms with van der Waals surface area (Å²) in [5.41, 5.74) is 8.55. The van der Waals surface area contributed by atoms with Crippen LogP contribution in [0.25, 0.3) is 88.2 Å². The molecule has 0 bridgehead atoms. The average molecular weight is 587 g/mol. The molecule has 0 aliphatic heterocycles. The maximum atomic E-state index is 5.34. The van der Waals surface area contributed by atoms with Crippen molar-refractivity contribution in [2.75, 3.05) is 0 Å². The molecule has 0 unspecified atom stereocenters. The quantitative estimate of drug-likeness (QED) is 0.206. The first-order chi connectivity index (χ1) is 22.8. The van der Waals surface area contributed by atoms with Crippen LogP contribution in [-0.2, 0) is 0 Å². The number of hydrogen-bond donors (Lipinski definition) is 0. The molecular formula is C42H26N4. The van der Waals surface area contributed by atoms with Gasteiger partial charge >= 0.3 is 0 Å². The summed E-state index contributed by atoms with van der Waals surface area (Å²) in [5, 5.41) is 8.33. The van der Waals surface area contributed by atoms with E-state index in [1.807, 2.05) is 6.07 Å². The summed E-state index contributed by atoms with van der Waals surface area (Å²) < 4.78 is 4.64. The molecule has 0 aliphatic carbocycles. The van der Waals surface area contributed by atoms with Crippen LogP contribution >= 0.6 is 0 Å². The van der Waals surface area contributed by atoms with Crippen LogP contribution in [0.15, 0.2) is 158 Å². The number of fused-ring (bicyclic) bond motifs is 9. The summed E-state index contributed by atoms with van der Waals surface area (Å²) in [7, 11) is 0. The van der Waals surface area contributed by atoms with Gasteiger partial charge in [0.05, 0.1) is 33.3 Å². The van der Waals surface area contributed by atoms with Crippen LogP contribution in [0.2, 0.25) is 0 Å². The van der Waals surface area contributed by atoms with Gasteiger partial charge in [-0.1, -0.05) is 115 Å². The van der Waals surface area contributed by atoms with E-state index in [1.54, 1.807) is 0 Å².